The van der Waals surface area contributed by atoms with E-state index in [4.69, 9.17) is 23.2 Å². The number of aromatic amines is 1. The number of H-pyrrole nitrogens is 1. The van der Waals surface area contributed by atoms with E-state index in [-0.39, 0.29) is 21.8 Å². The highest BCUT2D eigenvalue weighted by molar-refractivity contribution is 6.33. The van der Waals surface area contributed by atoms with Gasteiger partial charge in [0.2, 0.25) is 5.28 Å². The second-order valence-corrected chi connectivity index (χ2v) is 5.10. The summed E-state index contributed by atoms with van der Waals surface area (Å²) < 4.78 is 14.2. The van der Waals surface area contributed by atoms with E-state index in [0.717, 1.165) is 0 Å². The Labute approximate surface area is 134 Å². The molecule has 0 bridgehead atoms. The fourth-order valence-electron chi connectivity index (χ4n) is 1.87. The van der Waals surface area contributed by atoms with Gasteiger partial charge in [-0.15, -0.1) is 0 Å². The van der Waals surface area contributed by atoms with Crippen molar-refractivity contribution in [3.63, 3.8) is 0 Å². The maximum absolute atomic E-state index is 14.2. The number of nitrogens with one attached hydrogen (secondary N) is 2. The van der Waals surface area contributed by atoms with E-state index < -0.39 is 5.82 Å². The third kappa shape index (κ3) is 2.86. The van der Waals surface area contributed by atoms with E-state index in [1.165, 1.54) is 12.3 Å². The molecule has 0 radical (unpaired) electrons. The minimum Gasteiger partial charge on any atom is -0.336 e. The van der Waals surface area contributed by atoms with Gasteiger partial charge in [-0.1, -0.05) is 17.7 Å². The van der Waals surface area contributed by atoms with E-state index >= 15 is 0 Å². The molecule has 0 aliphatic carbocycles. The largest absolute Gasteiger partial charge is 0.336 e. The number of para-hydroxylation sites is 1. The summed E-state index contributed by atoms with van der Waals surface area (Å²) in [5.74, 6) is 0.686. The molecule has 1 aromatic carbocycles. The van der Waals surface area contributed by atoms with Crippen molar-refractivity contribution in [3.05, 3.63) is 46.3 Å². The predicted octanol–water partition coefficient (Wildman–Crippen LogP) is 3.76. The maximum Gasteiger partial charge on any atom is 0.224 e. The summed E-state index contributed by atoms with van der Waals surface area (Å²) in [5, 5.41) is 9.73. The van der Waals surface area contributed by atoms with Crippen LogP contribution in [0, 0.1) is 12.7 Å². The topological polar surface area (TPSA) is 79.4 Å². The third-order valence-corrected chi connectivity index (χ3v) is 3.28. The van der Waals surface area contributed by atoms with Crippen LogP contribution in [0.5, 0.6) is 0 Å². The molecule has 0 saturated carbocycles. The number of hydrogen-bond acceptors (Lipinski definition) is 5. The van der Waals surface area contributed by atoms with Crippen molar-refractivity contribution in [2.45, 2.75) is 6.92 Å². The first kappa shape index (κ1) is 14.7. The molecule has 3 aromatic rings. The number of nitrogens with zero attached hydrogens (tertiary/aromatic N) is 4. The lowest BCUT2D eigenvalue weighted by Crippen LogP contribution is -2.01. The Balaban J connectivity index is 2.08. The summed E-state index contributed by atoms with van der Waals surface area (Å²) in [6.45, 7) is 1.73. The van der Waals surface area contributed by atoms with Gasteiger partial charge in [0, 0.05) is 5.56 Å². The monoisotopic (exact) mass is 338 g/mol. The molecule has 0 atom stereocenters. The smallest absolute Gasteiger partial charge is 0.224 e. The number of halogens is 3. The molecule has 0 aliphatic rings. The molecule has 0 fully saturated rings. The van der Waals surface area contributed by atoms with Crippen molar-refractivity contribution in [3.8, 4) is 11.4 Å². The van der Waals surface area contributed by atoms with Crippen LogP contribution in [0.15, 0.2) is 24.4 Å². The number of anilines is 2. The molecule has 2 N–H and O–H groups in total. The zero-order valence-corrected chi connectivity index (χ0v) is 12.7. The van der Waals surface area contributed by atoms with Gasteiger partial charge in [0.15, 0.2) is 11.6 Å². The van der Waals surface area contributed by atoms with Crippen LogP contribution in [0.4, 0.5) is 15.9 Å². The molecule has 2 heterocycles. The predicted molar refractivity (Wildman–Crippen MR) is 81.8 cm³/mol. The molecule has 9 heteroatoms. The molecule has 2 aromatic heterocycles. The second kappa shape index (κ2) is 5.86. The maximum atomic E-state index is 14.2. The first-order valence-electron chi connectivity index (χ1n) is 6.17. The van der Waals surface area contributed by atoms with Crippen molar-refractivity contribution in [2.24, 2.45) is 0 Å². The van der Waals surface area contributed by atoms with E-state index in [1.807, 2.05) is 0 Å². The van der Waals surface area contributed by atoms with Crippen LogP contribution in [0.25, 0.3) is 11.4 Å². The number of aromatic nitrogens is 5. The van der Waals surface area contributed by atoms with Gasteiger partial charge in [-0.3, -0.25) is 5.10 Å². The lowest BCUT2D eigenvalue weighted by atomic mass is 10.1. The Morgan fingerprint density at radius 2 is 2.05 bits per heavy atom. The summed E-state index contributed by atoms with van der Waals surface area (Å²) in [7, 11) is 0. The minimum atomic E-state index is -0.489. The average Bonchev–Trinajstić information content (AvgIpc) is 2.91. The highest BCUT2D eigenvalue weighted by atomic mass is 35.5. The van der Waals surface area contributed by atoms with Gasteiger partial charge >= 0.3 is 0 Å². The third-order valence-electron chi connectivity index (χ3n) is 2.82. The highest BCUT2D eigenvalue weighted by Crippen LogP contribution is 2.32. The average molecular weight is 339 g/mol. The molecule has 0 spiro atoms. The Hall–Kier alpha value is -2.25. The van der Waals surface area contributed by atoms with Crippen LogP contribution >= 0.6 is 23.2 Å². The van der Waals surface area contributed by atoms with Gasteiger partial charge in [0.25, 0.3) is 0 Å². The number of rotatable bonds is 3. The lowest BCUT2D eigenvalue weighted by molar-refractivity contribution is 0.632. The van der Waals surface area contributed by atoms with Gasteiger partial charge in [-0.2, -0.15) is 10.1 Å². The van der Waals surface area contributed by atoms with Crippen molar-refractivity contribution in [1.29, 1.82) is 0 Å². The van der Waals surface area contributed by atoms with Crippen molar-refractivity contribution < 1.29 is 4.39 Å². The van der Waals surface area contributed by atoms with E-state index in [2.05, 4.69) is 30.5 Å². The number of hydrogen-bond donors (Lipinski definition) is 2. The van der Waals surface area contributed by atoms with E-state index in [0.29, 0.717) is 17.2 Å². The second-order valence-electron chi connectivity index (χ2n) is 4.35. The SMILES string of the molecule is Cc1n[nH]c(-c2cccc(F)c2Nc2nc(Cl)ncc2Cl)n1. The van der Waals surface area contributed by atoms with Gasteiger partial charge in [0.05, 0.1) is 11.9 Å². The van der Waals surface area contributed by atoms with Crippen LogP contribution in [-0.4, -0.2) is 25.1 Å². The minimum absolute atomic E-state index is 0.000277. The Morgan fingerprint density at radius 3 is 2.77 bits per heavy atom. The van der Waals surface area contributed by atoms with Gasteiger partial charge in [-0.05, 0) is 30.7 Å². The van der Waals surface area contributed by atoms with Gasteiger partial charge in [0.1, 0.15) is 16.7 Å². The normalized spacial score (nSPS) is 10.7. The molecule has 112 valence electrons. The number of benzene rings is 1. The summed E-state index contributed by atoms with van der Waals surface area (Å²) in [4.78, 5) is 11.9. The van der Waals surface area contributed by atoms with E-state index in [9.17, 15) is 4.39 Å². The highest BCUT2D eigenvalue weighted by Gasteiger charge is 2.15. The zero-order valence-electron chi connectivity index (χ0n) is 11.2. The molecule has 22 heavy (non-hydrogen) atoms. The Morgan fingerprint density at radius 1 is 1.23 bits per heavy atom. The van der Waals surface area contributed by atoms with Crippen LogP contribution in [-0.2, 0) is 0 Å². The van der Waals surface area contributed by atoms with Crippen LogP contribution in [0.3, 0.4) is 0 Å². The number of aryl methyl sites for hydroxylation is 1. The summed E-state index contributed by atoms with van der Waals surface area (Å²) in [6, 6.07) is 4.58. The lowest BCUT2D eigenvalue weighted by Gasteiger charge is -2.11. The van der Waals surface area contributed by atoms with Crippen molar-refractivity contribution >= 4 is 34.7 Å². The fraction of sp³-hybridized carbons (Fsp3) is 0.0769. The molecule has 3 rings (SSSR count). The molecule has 0 saturated heterocycles. The molecule has 0 amide bonds. The fourth-order valence-corrected chi connectivity index (χ4v) is 2.14. The molecule has 6 nitrogen and oxygen atoms in total. The Bertz CT molecular complexity index is 835. The van der Waals surface area contributed by atoms with Crippen molar-refractivity contribution in [1.82, 2.24) is 25.1 Å². The molecule has 0 unspecified atom stereocenters. The van der Waals surface area contributed by atoms with Crippen LogP contribution in [0.1, 0.15) is 5.82 Å². The van der Waals surface area contributed by atoms with Crippen molar-refractivity contribution in [2.75, 3.05) is 5.32 Å². The van der Waals surface area contributed by atoms with Gasteiger partial charge in [-0.25, -0.2) is 14.4 Å². The molecule has 0 aliphatic heterocycles. The zero-order chi connectivity index (χ0) is 15.7. The van der Waals surface area contributed by atoms with Crippen LogP contribution < -0.4 is 5.32 Å². The molecular formula is C13H9Cl2FN6. The molecular weight excluding hydrogens is 330 g/mol. The Kier molecular flexibility index (Phi) is 3.91. The van der Waals surface area contributed by atoms with Gasteiger partial charge < -0.3 is 5.32 Å². The first-order chi connectivity index (χ1) is 10.5. The van der Waals surface area contributed by atoms with E-state index in [1.54, 1.807) is 19.1 Å². The summed E-state index contributed by atoms with van der Waals surface area (Å²) >= 11 is 11.7. The summed E-state index contributed by atoms with van der Waals surface area (Å²) in [5.41, 5.74) is 0.654. The standard InChI is InChI=1S/C13H9Cl2FN6/c1-6-18-11(22-21-6)7-3-2-4-9(16)10(7)19-12-8(14)5-17-13(15)20-12/h2-5H,1H3,(H,17,19,20)(H,18,21,22). The first-order valence-corrected chi connectivity index (χ1v) is 6.93. The summed E-state index contributed by atoms with van der Waals surface area (Å²) in [6.07, 6.45) is 1.33. The quantitative estimate of drug-likeness (QED) is 0.711. The van der Waals surface area contributed by atoms with Crippen LogP contribution in [0.2, 0.25) is 10.3 Å².